The van der Waals surface area contributed by atoms with Crippen LogP contribution in [0.2, 0.25) is 0 Å². The predicted molar refractivity (Wildman–Crippen MR) is 73.7 cm³/mol. The van der Waals surface area contributed by atoms with Gasteiger partial charge in [-0.25, -0.2) is 0 Å². The Morgan fingerprint density at radius 2 is 2.11 bits per heavy atom. The van der Waals surface area contributed by atoms with Crippen LogP contribution in [-0.2, 0) is 6.42 Å². The Morgan fingerprint density at radius 3 is 2.84 bits per heavy atom. The van der Waals surface area contributed by atoms with Crippen LogP contribution >= 0.6 is 0 Å². The van der Waals surface area contributed by atoms with Crippen LogP contribution in [0.5, 0.6) is 5.75 Å². The molecule has 0 aliphatic carbocycles. The number of phenolic OH excluding ortho intramolecular Hbond substituents is 1. The van der Waals surface area contributed by atoms with E-state index in [1.54, 1.807) is 24.5 Å². The number of nitrogens with zero attached hydrogens (tertiary/aromatic N) is 2. The van der Waals surface area contributed by atoms with E-state index in [9.17, 15) is 5.11 Å². The zero-order chi connectivity index (χ0) is 13.2. The van der Waals surface area contributed by atoms with Crippen LogP contribution in [0.3, 0.4) is 0 Å². The molecule has 0 radical (unpaired) electrons. The molecule has 0 aliphatic rings. The summed E-state index contributed by atoms with van der Waals surface area (Å²) in [7, 11) is 0. The Hall–Kier alpha value is -2.40. The Balaban J connectivity index is 2.06. The number of fused-ring (bicyclic) bond motifs is 1. The first kappa shape index (κ1) is 11.7. The Labute approximate surface area is 110 Å². The molecule has 3 aromatic rings. The van der Waals surface area contributed by atoms with Gasteiger partial charge in [0.1, 0.15) is 5.75 Å². The van der Waals surface area contributed by atoms with Crippen LogP contribution in [0.25, 0.3) is 22.2 Å². The number of phenols is 1. The van der Waals surface area contributed by atoms with Crippen molar-refractivity contribution in [1.82, 2.24) is 15.0 Å². The fourth-order valence-corrected chi connectivity index (χ4v) is 2.09. The first-order chi connectivity index (χ1) is 9.28. The molecular formula is C14H14N4O. The molecule has 0 bridgehead atoms. The van der Waals surface area contributed by atoms with Gasteiger partial charge in [0, 0.05) is 35.3 Å². The number of aromatic amines is 1. The molecule has 19 heavy (non-hydrogen) atoms. The van der Waals surface area contributed by atoms with Gasteiger partial charge in [-0.3, -0.25) is 9.97 Å². The van der Waals surface area contributed by atoms with Crippen molar-refractivity contribution < 1.29 is 5.11 Å². The van der Waals surface area contributed by atoms with Gasteiger partial charge in [-0.1, -0.05) is 0 Å². The molecule has 96 valence electrons. The second kappa shape index (κ2) is 4.70. The fraction of sp³-hybridized carbons (Fsp3) is 0.143. The quantitative estimate of drug-likeness (QED) is 0.665. The smallest absolute Gasteiger partial charge is 0.116 e. The van der Waals surface area contributed by atoms with E-state index < -0.39 is 0 Å². The Kier molecular flexibility index (Phi) is 2.89. The van der Waals surface area contributed by atoms with Gasteiger partial charge in [0.15, 0.2) is 0 Å². The summed E-state index contributed by atoms with van der Waals surface area (Å²) in [5.74, 6) is 0.237. The summed E-state index contributed by atoms with van der Waals surface area (Å²) in [5, 5.41) is 10.5. The van der Waals surface area contributed by atoms with Crippen molar-refractivity contribution in [2.45, 2.75) is 6.42 Å². The van der Waals surface area contributed by atoms with Gasteiger partial charge in [0.05, 0.1) is 17.6 Å². The monoisotopic (exact) mass is 254 g/mol. The molecular weight excluding hydrogens is 240 g/mol. The van der Waals surface area contributed by atoms with Crippen molar-refractivity contribution in [1.29, 1.82) is 0 Å². The van der Waals surface area contributed by atoms with Gasteiger partial charge in [0.2, 0.25) is 0 Å². The number of H-pyrrole nitrogens is 1. The van der Waals surface area contributed by atoms with E-state index in [-0.39, 0.29) is 5.75 Å². The van der Waals surface area contributed by atoms with E-state index >= 15 is 0 Å². The minimum absolute atomic E-state index is 0.237. The van der Waals surface area contributed by atoms with Crippen molar-refractivity contribution in [3.05, 3.63) is 42.5 Å². The van der Waals surface area contributed by atoms with Gasteiger partial charge in [0.25, 0.3) is 0 Å². The molecule has 0 atom stereocenters. The van der Waals surface area contributed by atoms with Crippen LogP contribution in [0, 0.1) is 0 Å². The highest BCUT2D eigenvalue weighted by Crippen LogP contribution is 2.29. The van der Waals surface area contributed by atoms with Crippen LogP contribution in [0.4, 0.5) is 0 Å². The zero-order valence-electron chi connectivity index (χ0n) is 10.3. The maximum Gasteiger partial charge on any atom is 0.116 e. The minimum Gasteiger partial charge on any atom is -0.508 e. The van der Waals surface area contributed by atoms with E-state index in [0.29, 0.717) is 6.54 Å². The second-order valence-corrected chi connectivity index (χ2v) is 4.36. The standard InChI is InChI=1S/C14H14N4O/c15-4-3-9-6-17-14(8-16-9)12-7-18-13-2-1-10(19)5-11(12)13/h1-2,5-8,18-19H,3-4,15H2. The van der Waals surface area contributed by atoms with Crippen molar-refractivity contribution in [2.75, 3.05) is 6.54 Å². The largest absolute Gasteiger partial charge is 0.508 e. The SMILES string of the molecule is NCCc1cnc(-c2c[nH]c3ccc(O)cc23)cn1. The third kappa shape index (κ3) is 2.15. The van der Waals surface area contributed by atoms with Crippen LogP contribution < -0.4 is 5.73 Å². The van der Waals surface area contributed by atoms with Crippen LogP contribution in [0.1, 0.15) is 5.69 Å². The third-order valence-corrected chi connectivity index (χ3v) is 3.05. The van der Waals surface area contributed by atoms with E-state index in [1.807, 2.05) is 12.3 Å². The van der Waals surface area contributed by atoms with Crippen molar-refractivity contribution in [3.63, 3.8) is 0 Å². The van der Waals surface area contributed by atoms with E-state index in [0.717, 1.165) is 34.3 Å². The maximum atomic E-state index is 9.57. The van der Waals surface area contributed by atoms with E-state index in [1.165, 1.54) is 0 Å². The average Bonchev–Trinajstić information content (AvgIpc) is 2.83. The summed E-state index contributed by atoms with van der Waals surface area (Å²) in [5.41, 5.74) is 9.03. The Bertz CT molecular complexity index is 703. The molecule has 0 amide bonds. The molecule has 0 spiro atoms. The number of nitrogens with one attached hydrogen (secondary N) is 1. The summed E-state index contributed by atoms with van der Waals surface area (Å²) in [6, 6.07) is 5.21. The molecule has 3 rings (SSSR count). The highest BCUT2D eigenvalue weighted by atomic mass is 16.3. The van der Waals surface area contributed by atoms with Gasteiger partial charge < -0.3 is 15.8 Å². The van der Waals surface area contributed by atoms with E-state index in [4.69, 9.17) is 5.73 Å². The lowest BCUT2D eigenvalue weighted by atomic mass is 10.1. The summed E-state index contributed by atoms with van der Waals surface area (Å²) >= 11 is 0. The molecule has 5 heteroatoms. The molecule has 0 unspecified atom stereocenters. The topological polar surface area (TPSA) is 87.8 Å². The summed E-state index contributed by atoms with van der Waals surface area (Å²) in [6.07, 6.45) is 6.07. The molecule has 5 nitrogen and oxygen atoms in total. The number of aromatic hydroxyl groups is 1. The fourth-order valence-electron chi connectivity index (χ4n) is 2.09. The number of hydrogen-bond acceptors (Lipinski definition) is 4. The number of rotatable bonds is 3. The molecule has 0 saturated heterocycles. The molecule has 0 fully saturated rings. The van der Waals surface area contributed by atoms with Crippen molar-refractivity contribution >= 4 is 10.9 Å². The van der Waals surface area contributed by atoms with Gasteiger partial charge in [-0.05, 0) is 24.7 Å². The maximum absolute atomic E-state index is 9.57. The average molecular weight is 254 g/mol. The minimum atomic E-state index is 0.237. The lowest BCUT2D eigenvalue weighted by Gasteiger charge is -2.01. The van der Waals surface area contributed by atoms with Gasteiger partial charge in [-0.2, -0.15) is 0 Å². The molecule has 0 aliphatic heterocycles. The lowest BCUT2D eigenvalue weighted by molar-refractivity contribution is 0.476. The molecule has 2 heterocycles. The highest BCUT2D eigenvalue weighted by molar-refractivity contribution is 5.95. The summed E-state index contributed by atoms with van der Waals surface area (Å²) < 4.78 is 0. The molecule has 1 aromatic carbocycles. The predicted octanol–water partition coefficient (Wildman–Crippen LogP) is 1.83. The summed E-state index contributed by atoms with van der Waals surface area (Å²) in [6.45, 7) is 0.564. The zero-order valence-corrected chi connectivity index (χ0v) is 10.3. The number of nitrogens with two attached hydrogens (primary N) is 1. The van der Waals surface area contributed by atoms with Gasteiger partial charge in [-0.15, -0.1) is 0 Å². The second-order valence-electron chi connectivity index (χ2n) is 4.36. The molecule has 2 aromatic heterocycles. The third-order valence-electron chi connectivity index (χ3n) is 3.05. The van der Waals surface area contributed by atoms with Crippen molar-refractivity contribution in [2.24, 2.45) is 5.73 Å². The number of aromatic nitrogens is 3. The van der Waals surface area contributed by atoms with Crippen molar-refractivity contribution in [3.8, 4) is 17.0 Å². The first-order valence-electron chi connectivity index (χ1n) is 6.09. The Morgan fingerprint density at radius 1 is 1.21 bits per heavy atom. The lowest BCUT2D eigenvalue weighted by Crippen LogP contribution is -2.04. The number of hydrogen-bond donors (Lipinski definition) is 3. The molecule has 0 saturated carbocycles. The van der Waals surface area contributed by atoms with Gasteiger partial charge >= 0.3 is 0 Å². The van der Waals surface area contributed by atoms with Crippen LogP contribution in [0.15, 0.2) is 36.8 Å². The number of benzene rings is 1. The van der Waals surface area contributed by atoms with E-state index in [2.05, 4.69) is 15.0 Å². The summed E-state index contributed by atoms with van der Waals surface area (Å²) in [4.78, 5) is 11.9. The first-order valence-corrected chi connectivity index (χ1v) is 6.09. The normalized spacial score (nSPS) is 11.0. The highest BCUT2D eigenvalue weighted by Gasteiger charge is 2.08. The van der Waals surface area contributed by atoms with Crippen LogP contribution in [-0.4, -0.2) is 26.6 Å². The molecule has 4 N–H and O–H groups in total.